The Morgan fingerprint density at radius 1 is 0.571 bits per heavy atom. The Morgan fingerprint density at radius 3 is 1.21 bits per heavy atom. The number of ether oxygens (including phenoxy) is 2. The molecule has 0 amide bonds. The number of hydrogen-bond donors (Lipinski definition) is 0. The molecule has 1 aliphatic carbocycles. The quantitative estimate of drug-likeness (QED) is 0.147. The van der Waals surface area contributed by atoms with E-state index < -0.39 is 24.2 Å². The lowest BCUT2D eigenvalue weighted by Gasteiger charge is -2.27. The summed E-state index contributed by atoms with van der Waals surface area (Å²) in [4.78, 5) is 65.0. The standard InChI is InChI=1S/C30H36O12/c1-19(2)23-9-13-25(14-10-23)27(31)37-41-39-29(33)35-17-21-5-7-22(8-6-21)18-36-30(34)40-42-38-28(32)26-15-11-24(12-16-26)20(3)4/h9-16,19-22H,5-8,17-18H2,1-4H3. The summed E-state index contributed by atoms with van der Waals surface area (Å²) in [5.41, 5.74) is 2.60. The van der Waals surface area contributed by atoms with Crippen molar-refractivity contribution in [3.8, 4) is 0 Å². The Labute approximate surface area is 243 Å². The first-order valence-electron chi connectivity index (χ1n) is 13.8. The second-order valence-corrected chi connectivity index (χ2v) is 10.6. The lowest BCUT2D eigenvalue weighted by molar-refractivity contribution is -0.452. The lowest BCUT2D eigenvalue weighted by atomic mass is 9.83. The number of carbonyl (C=O) groups is 4. The molecular formula is C30H36O12. The lowest BCUT2D eigenvalue weighted by Crippen LogP contribution is -2.24. The first-order valence-corrected chi connectivity index (χ1v) is 13.8. The van der Waals surface area contributed by atoms with Crippen LogP contribution in [-0.2, 0) is 39.1 Å². The molecule has 2 aromatic rings. The smallest absolute Gasteiger partial charge is 0.432 e. The molecule has 0 heterocycles. The van der Waals surface area contributed by atoms with Gasteiger partial charge in [-0.05, 0) is 84.7 Å². The predicted molar refractivity (Wildman–Crippen MR) is 144 cm³/mol. The third kappa shape index (κ3) is 10.7. The van der Waals surface area contributed by atoms with Crippen LogP contribution in [0.1, 0.15) is 97.1 Å². The highest BCUT2D eigenvalue weighted by Crippen LogP contribution is 2.29. The Morgan fingerprint density at radius 2 is 0.905 bits per heavy atom. The minimum Gasteiger partial charge on any atom is -0.432 e. The van der Waals surface area contributed by atoms with E-state index in [1.54, 1.807) is 48.5 Å². The van der Waals surface area contributed by atoms with Gasteiger partial charge in [-0.25, -0.2) is 29.0 Å². The molecule has 0 aromatic heterocycles. The SMILES string of the molecule is CC(C)c1ccc(C(=O)OOOC(=O)OCC2CCC(COC(=O)OOOC(=O)c3ccc(C(C)C)cc3)CC2)cc1. The van der Waals surface area contributed by atoms with E-state index >= 15 is 0 Å². The van der Waals surface area contributed by atoms with Crippen molar-refractivity contribution in [3.05, 3.63) is 70.8 Å². The van der Waals surface area contributed by atoms with Crippen LogP contribution in [0.4, 0.5) is 9.59 Å². The molecule has 2 aromatic carbocycles. The Hall–Kier alpha value is -4.16. The third-order valence-electron chi connectivity index (χ3n) is 6.89. The molecule has 0 unspecified atom stereocenters. The van der Waals surface area contributed by atoms with Gasteiger partial charge in [-0.1, -0.05) is 52.0 Å². The van der Waals surface area contributed by atoms with Gasteiger partial charge in [-0.3, -0.25) is 9.78 Å². The average Bonchev–Trinajstić information content (AvgIpc) is 2.99. The van der Waals surface area contributed by atoms with Crippen LogP contribution in [0.5, 0.6) is 0 Å². The van der Waals surface area contributed by atoms with Crippen LogP contribution in [0.2, 0.25) is 0 Å². The zero-order valence-corrected chi connectivity index (χ0v) is 24.1. The molecule has 42 heavy (non-hydrogen) atoms. The summed E-state index contributed by atoms with van der Waals surface area (Å²) in [6.45, 7) is 8.30. The summed E-state index contributed by atoms with van der Waals surface area (Å²) in [7, 11) is 0. The first kappa shape index (κ1) is 32.4. The summed E-state index contributed by atoms with van der Waals surface area (Å²) in [5.74, 6) is -0.864. The zero-order chi connectivity index (χ0) is 30.5. The van der Waals surface area contributed by atoms with Crippen LogP contribution in [0.25, 0.3) is 0 Å². The second kappa shape index (κ2) is 16.3. The molecule has 0 aliphatic heterocycles. The third-order valence-corrected chi connectivity index (χ3v) is 6.89. The van der Waals surface area contributed by atoms with E-state index in [1.807, 2.05) is 27.7 Å². The highest BCUT2D eigenvalue weighted by Gasteiger charge is 2.25. The van der Waals surface area contributed by atoms with Crippen molar-refractivity contribution in [2.24, 2.45) is 11.8 Å². The van der Waals surface area contributed by atoms with Crippen LogP contribution in [0, 0.1) is 11.8 Å². The molecule has 12 heteroatoms. The molecule has 12 nitrogen and oxygen atoms in total. The van der Waals surface area contributed by atoms with Crippen molar-refractivity contribution in [1.29, 1.82) is 0 Å². The maximum Gasteiger partial charge on any atom is 0.543 e. The number of benzene rings is 2. The molecule has 1 saturated carbocycles. The minimum absolute atomic E-state index is 0.0696. The molecule has 0 bridgehead atoms. The molecule has 3 rings (SSSR count). The molecule has 0 radical (unpaired) electrons. The monoisotopic (exact) mass is 588 g/mol. The van der Waals surface area contributed by atoms with Gasteiger partial charge in [0.2, 0.25) is 0 Å². The maximum atomic E-state index is 12.0. The summed E-state index contributed by atoms with van der Waals surface area (Å²) >= 11 is 0. The molecule has 0 atom stereocenters. The van der Waals surface area contributed by atoms with Gasteiger partial charge in [0.1, 0.15) is 0 Å². The zero-order valence-electron chi connectivity index (χ0n) is 24.1. The molecular weight excluding hydrogens is 552 g/mol. The number of hydrogen-bond acceptors (Lipinski definition) is 12. The number of carbonyl (C=O) groups excluding carboxylic acids is 4. The minimum atomic E-state index is -1.14. The van der Waals surface area contributed by atoms with E-state index in [4.69, 9.17) is 9.47 Å². The summed E-state index contributed by atoms with van der Waals surface area (Å²) in [6.07, 6.45) is 0.564. The topological polar surface area (TPSA) is 142 Å². The van der Waals surface area contributed by atoms with Gasteiger partial charge in [0, 0.05) is 0 Å². The highest BCUT2D eigenvalue weighted by atomic mass is 17.5. The van der Waals surface area contributed by atoms with Crippen molar-refractivity contribution in [2.75, 3.05) is 13.2 Å². The predicted octanol–water partition coefficient (Wildman–Crippen LogP) is 6.75. The van der Waals surface area contributed by atoms with Gasteiger partial charge in [0.05, 0.1) is 34.4 Å². The van der Waals surface area contributed by atoms with Gasteiger partial charge >= 0.3 is 24.2 Å². The average molecular weight is 589 g/mol. The molecule has 0 saturated heterocycles. The molecule has 0 spiro atoms. The van der Waals surface area contributed by atoms with Crippen LogP contribution in [-0.4, -0.2) is 37.5 Å². The molecule has 1 fully saturated rings. The first-order chi connectivity index (χ1) is 20.1. The van der Waals surface area contributed by atoms with Crippen LogP contribution >= 0.6 is 0 Å². The van der Waals surface area contributed by atoms with Crippen molar-refractivity contribution in [1.82, 2.24) is 0 Å². The fourth-order valence-corrected chi connectivity index (χ4v) is 4.24. The van der Waals surface area contributed by atoms with Crippen LogP contribution < -0.4 is 0 Å². The van der Waals surface area contributed by atoms with Gasteiger partial charge in [0.25, 0.3) is 0 Å². The second-order valence-electron chi connectivity index (χ2n) is 10.6. The molecule has 0 N–H and O–H groups in total. The van der Waals surface area contributed by atoms with Crippen LogP contribution in [0.15, 0.2) is 48.5 Å². The van der Waals surface area contributed by atoms with Crippen molar-refractivity contribution < 1.29 is 58.3 Å². The molecule has 1 aliphatic rings. The fraction of sp³-hybridized carbons (Fsp3) is 0.467. The highest BCUT2D eigenvalue weighted by molar-refractivity contribution is 5.89. The van der Waals surface area contributed by atoms with E-state index in [2.05, 4.69) is 29.6 Å². The van der Waals surface area contributed by atoms with E-state index in [0.717, 1.165) is 11.1 Å². The van der Waals surface area contributed by atoms with E-state index in [-0.39, 0.29) is 36.2 Å². The van der Waals surface area contributed by atoms with Gasteiger partial charge in [0.15, 0.2) is 0 Å². The Bertz CT molecular complexity index is 1070. The normalized spacial score (nSPS) is 16.4. The summed E-state index contributed by atoms with van der Waals surface area (Å²) < 4.78 is 10.0. The number of rotatable bonds is 12. The van der Waals surface area contributed by atoms with E-state index in [1.165, 1.54) is 0 Å². The summed E-state index contributed by atoms with van der Waals surface area (Å²) in [5, 5.41) is 8.51. The van der Waals surface area contributed by atoms with Crippen LogP contribution in [0.3, 0.4) is 0 Å². The van der Waals surface area contributed by atoms with Gasteiger partial charge in [-0.2, -0.15) is 0 Å². The van der Waals surface area contributed by atoms with E-state index in [9.17, 15) is 19.2 Å². The van der Waals surface area contributed by atoms with Gasteiger partial charge in [-0.15, -0.1) is 0 Å². The Balaban J connectivity index is 1.22. The van der Waals surface area contributed by atoms with Crippen molar-refractivity contribution >= 4 is 24.2 Å². The van der Waals surface area contributed by atoms with Gasteiger partial charge < -0.3 is 9.47 Å². The Kier molecular flexibility index (Phi) is 12.6. The van der Waals surface area contributed by atoms with Crippen molar-refractivity contribution in [2.45, 2.75) is 65.2 Å². The summed E-state index contributed by atoms with van der Waals surface area (Å²) in [6, 6.07) is 13.5. The van der Waals surface area contributed by atoms with Crippen molar-refractivity contribution in [3.63, 3.8) is 0 Å². The maximum absolute atomic E-state index is 12.0. The van der Waals surface area contributed by atoms with E-state index in [0.29, 0.717) is 37.5 Å². The fourth-order valence-electron chi connectivity index (χ4n) is 4.24. The molecule has 228 valence electrons. The largest absolute Gasteiger partial charge is 0.543 e.